The Labute approximate surface area is 131 Å². The quantitative estimate of drug-likeness (QED) is 0.457. The molecule has 0 aliphatic rings. The van der Waals surface area contributed by atoms with Crippen molar-refractivity contribution in [3.8, 4) is 0 Å². The van der Waals surface area contributed by atoms with Gasteiger partial charge in [-0.25, -0.2) is 0 Å². The van der Waals surface area contributed by atoms with E-state index in [1.54, 1.807) is 0 Å². The molecule has 0 aliphatic carbocycles. The third kappa shape index (κ3) is 21.9. The molecule has 20 heavy (non-hydrogen) atoms. The zero-order valence-corrected chi connectivity index (χ0v) is 13.0. The molecule has 1 aromatic carbocycles. The van der Waals surface area contributed by atoms with E-state index in [-0.39, 0.29) is 22.8 Å². The first kappa shape index (κ1) is 27.1. The number of hydrogen-bond donors (Lipinski definition) is 0. The summed E-state index contributed by atoms with van der Waals surface area (Å²) >= 11 is 0. The largest absolute Gasteiger partial charge is 0 e. The Morgan fingerprint density at radius 2 is 1.35 bits per heavy atom. The van der Waals surface area contributed by atoms with Crippen molar-refractivity contribution in [2.75, 3.05) is 0 Å². The van der Waals surface area contributed by atoms with Gasteiger partial charge < -0.3 is 0 Å². The zero-order valence-electron chi connectivity index (χ0n) is 11.8. The Morgan fingerprint density at radius 3 is 1.70 bits per heavy atom. The Kier molecular flexibility index (Phi) is 27.0. The van der Waals surface area contributed by atoms with E-state index in [4.69, 9.17) is 14.0 Å². The monoisotopic (exact) mass is 311 g/mol. The molecule has 0 radical (unpaired) electrons. The number of hydrogen-bond acceptors (Lipinski definition) is 1. The molecule has 1 aromatic rings. The predicted molar refractivity (Wildman–Crippen MR) is 69.9 cm³/mol. The van der Waals surface area contributed by atoms with Crippen LogP contribution in [0.4, 0.5) is 0 Å². The Morgan fingerprint density at radius 1 is 0.950 bits per heavy atom. The van der Waals surface area contributed by atoms with Crippen molar-refractivity contribution in [2.45, 2.75) is 27.3 Å². The molecular formula is C15H17CrNO3. The van der Waals surface area contributed by atoms with E-state index in [9.17, 15) is 0 Å². The van der Waals surface area contributed by atoms with Crippen LogP contribution >= 0.6 is 0 Å². The third-order valence-electron chi connectivity index (χ3n) is 1.60. The van der Waals surface area contributed by atoms with E-state index in [0.29, 0.717) is 0 Å². The molecule has 0 spiro atoms. The topological polar surface area (TPSA) is 72.1 Å². The Balaban J connectivity index is -0.000000162. The SMILES string of the molecule is CC(C)(C)C=NCc1ccccc1.[C-]#[O+].[C-]#[O+].[C-]#[O+].[Cr]. The molecular weight excluding hydrogens is 294 g/mol. The summed E-state index contributed by atoms with van der Waals surface area (Å²) in [6.07, 6.45) is 2.01. The smallest absolute Gasteiger partial charge is 0 e. The second-order valence-corrected chi connectivity index (χ2v) is 4.32. The fraction of sp³-hybridized carbons (Fsp3) is 0.333. The molecule has 0 N–H and O–H groups in total. The van der Waals surface area contributed by atoms with E-state index in [2.05, 4.69) is 57.8 Å². The summed E-state index contributed by atoms with van der Waals surface area (Å²) in [7, 11) is 0. The minimum atomic E-state index is 0. The van der Waals surface area contributed by atoms with Gasteiger partial charge >= 0.3 is 33.9 Å². The summed E-state index contributed by atoms with van der Waals surface area (Å²) < 4.78 is 22.5. The van der Waals surface area contributed by atoms with Crippen LogP contribution in [-0.4, -0.2) is 6.21 Å². The van der Waals surface area contributed by atoms with Crippen LogP contribution in [0.15, 0.2) is 35.3 Å². The van der Waals surface area contributed by atoms with E-state index in [0.717, 1.165) is 6.54 Å². The maximum atomic E-state index is 7.50. The van der Waals surface area contributed by atoms with Crippen molar-refractivity contribution < 1.29 is 31.3 Å². The summed E-state index contributed by atoms with van der Waals surface area (Å²) in [5.74, 6) is 0. The average Bonchev–Trinajstić information content (AvgIpc) is 2.45. The standard InChI is InChI=1S/C12H17N.3CO.Cr/c1-12(2,3)10-13-9-11-7-5-4-6-8-11;3*1-2;/h4-8,10H,9H2,1-3H3;;;;. The van der Waals surface area contributed by atoms with Crippen molar-refractivity contribution in [1.82, 2.24) is 0 Å². The molecule has 0 aliphatic heterocycles. The van der Waals surface area contributed by atoms with Crippen LogP contribution in [0.25, 0.3) is 0 Å². The van der Waals surface area contributed by atoms with E-state index in [1.807, 2.05) is 24.4 Å². The van der Waals surface area contributed by atoms with Crippen LogP contribution in [0.5, 0.6) is 0 Å². The van der Waals surface area contributed by atoms with Crippen molar-refractivity contribution in [3.63, 3.8) is 0 Å². The van der Waals surface area contributed by atoms with Gasteiger partial charge in [-0.15, -0.1) is 0 Å². The van der Waals surface area contributed by atoms with Crippen LogP contribution in [0.1, 0.15) is 26.3 Å². The van der Waals surface area contributed by atoms with Gasteiger partial charge in [0.05, 0.1) is 6.54 Å². The van der Waals surface area contributed by atoms with Crippen molar-refractivity contribution in [3.05, 3.63) is 55.8 Å². The van der Waals surface area contributed by atoms with Gasteiger partial charge in [-0.3, -0.25) is 4.99 Å². The minimum absolute atomic E-state index is 0. The first-order valence-electron chi connectivity index (χ1n) is 5.24. The molecule has 0 fully saturated rings. The number of aliphatic imine (C=N–C) groups is 1. The number of benzene rings is 1. The molecule has 0 saturated carbocycles. The van der Waals surface area contributed by atoms with Gasteiger partial charge in [-0.2, -0.15) is 0 Å². The third-order valence-corrected chi connectivity index (χ3v) is 1.60. The summed E-state index contributed by atoms with van der Waals surface area (Å²) in [5.41, 5.74) is 1.46. The van der Waals surface area contributed by atoms with Crippen molar-refractivity contribution in [1.29, 1.82) is 0 Å². The average molecular weight is 311 g/mol. The molecule has 0 amide bonds. The zero-order chi connectivity index (χ0) is 15.7. The molecule has 0 aromatic heterocycles. The van der Waals surface area contributed by atoms with Crippen LogP contribution in [-0.2, 0) is 37.9 Å². The van der Waals surface area contributed by atoms with Crippen LogP contribution in [0.2, 0.25) is 0 Å². The van der Waals surface area contributed by atoms with Gasteiger partial charge in [0.25, 0.3) is 0 Å². The molecule has 4 nitrogen and oxygen atoms in total. The summed E-state index contributed by atoms with van der Waals surface area (Å²) in [6.45, 7) is 20.8. The van der Waals surface area contributed by atoms with Gasteiger partial charge in [0.2, 0.25) is 0 Å². The van der Waals surface area contributed by atoms with Crippen molar-refractivity contribution >= 4 is 6.21 Å². The van der Waals surface area contributed by atoms with Crippen LogP contribution in [0, 0.1) is 25.4 Å². The molecule has 0 saturated heterocycles. The van der Waals surface area contributed by atoms with Gasteiger partial charge in [-0.05, 0) is 11.0 Å². The second kappa shape index (κ2) is 20.0. The fourth-order valence-corrected chi connectivity index (χ4v) is 1.01. The summed E-state index contributed by atoms with van der Waals surface area (Å²) in [4.78, 5) is 4.39. The molecule has 0 atom stereocenters. The van der Waals surface area contributed by atoms with Gasteiger partial charge in [0, 0.05) is 23.6 Å². The van der Waals surface area contributed by atoms with E-state index < -0.39 is 0 Å². The summed E-state index contributed by atoms with van der Waals surface area (Å²) in [6, 6.07) is 10.3. The molecule has 0 unspecified atom stereocenters. The Bertz CT molecular complexity index is 375. The number of nitrogens with zero attached hydrogens (tertiary/aromatic N) is 1. The predicted octanol–water partition coefficient (Wildman–Crippen LogP) is 3.19. The number of rotatable bonds is 2. The molecule has 5 heteroatoms. The van der Waals surface area contributed by atoms with Crippen LogP contribution in [0.3, 0.4) is 0 Å². The van der Waals surface area contributed by atoms with Crippen LogP contribution < -0.4 is 0 Å². The maximum Gasteiger partial charge on any atom is 0 e. The second-order valence-electron chi connectivity index (χ2n) is 4.32. The fourth-order valence-electron chi connectivity index (χ4n) is 1.01. The van der Waals surface area contributed by atoms with E-state index in [1.165, 1.54) is 5.56 Å². The summed E-state index contributed by atoms with van der Waals surface area (Å²) in [5, 5.41) is 0. The first-order valence-corrected chi connectivity index (χ1v) is 5.24. The minimum Gasteiger partial charge on any atom is 0 e. The molecule has 0 heterocycles. The molecule has 106 valence electrons. The van der Waals surface area contributed by atoms with Gasteiger partial charge in [0.1, 0.15) is 0 Å². The Hall–Kier alpha value is -1.36. The van der Waals surface area contributed by atoms with Gasteiger partial charge in [-0.1, -0.05) is 51.1 Å². The van der Waals surface area contributed by atoms with E-state index >= 15 is 0 Å². The normalized spacial score (nSPS) is 8.25. The maximum absolute atomic E-state index is 7.50. The van der Waals surface area contributed by atoms with Gasteiger partial charge in [0.15, 0.2) is 0 Å². The van der Waals surface area contributed by atoms with Crippen molar-refractivity contribution in [2.24, 2.45) is 10.4 Å². The first-order chi connectivity index (χ1) is 9.08. The molecule has 0 bridgehead atoms. The molecule has 1 rings (SSSR count).